The molecular formula is C15H22ClN3O2. The number of nitrogens with one attached hydrogen (secondary N) is 1. The second-order valence-corrected chi connectivity index (χ2v) is 5.75. The summed E-state index contributed by atoms with van der Waals surface area (Å²) in [7, 11) is 1.68. The predicted molar refractivity (Wildman–Crippen MR) is 85.5 cm³/mol. The molecule has 5 nitrogen and oxygen atoms in total. The first-order valence-corrected chi connectivity index (χ1v) is 7.23. The minimum Gasteiger partial charge on any atom is -0.338 e. The van der Waals surface area contributed by atoms with Crippen molar-refractivity contribution in [3.63, 3.8) is 0 Å². The van der Waals surface area contributed by atoms with Crippen molar-refractivity contribution in [2.45, 2.75) is 26.8 Å². The van der Waals surface area contributed by atoms with E-state index in [2.05, 4.69) is 5.32 Å². The quantitative estimate of drug-likeness (QED) is 0.876. The molecule has 1 aromatic carbocycles. The molecule has 2 amide bonds. The number of amides is 2. The van der Waals surface area contributed by atoms with Crippen molar-refractivity contribution in [1.29, 1.82) is 0 Å². The second-order valence-electron chi connectivity index (χ2n) is 5.34. The van der Waals surface area contributed by atoms with Gasteiger partial charge in [0.05, 0.1) is 10.6 Å². The molecule has 0 saturated carbocycles. The van der Waals surface area contributed by atoms with Crippen LogP contribution in [0.25, 0.3) is 0 Å². The van der Waals surface area contributed by atoms with Crippen molar-refractivity contribution in [1.82, 2.24) is 4.90 Å². The van der Waals surface area contributed by atoms with Gasteiger partial charge in [-0.05, 0) is 25.1 Å². The van der Waals surface area contributed by atoms with Crippen LogP contribution < -0.4 is 11.1 Å². The summed E-state index contributed by atoms with van der Waals surface area (Å²) in [6.07, 6.45) is 0. The number of nitrogens with two attached hydrogens (primary N) is 1. The van der Waals surface area contributed by atoms with E-state index in [1.54, 1.807) is 39.1 Å². The van der Waals surface area contributed by atoms with Crippen LogP contribution in [0.5, 0.6) is 0 Å². The Morgan fingerprint density at radius 1 is 1.33 bits per heavy atom. The van der Waals surface area contributed by atoms with Gasteiger partial charge in [-0.3, -0.25) is 9.59 Å². The third-order valence-corrected chi connectivity index (χ3v) is 3.64. The molecule has 0 spiro atoms. The monoisotopic (exact) mass is 311 g/mol. The first-order chi connectivity index (χ1) is 9.77. The van der Waals surface area contributed by atoms with E-state index >= 15 is 0 Å². The van der Waals surface area contributed by atoms with E-state index in [1.165, 1.54) is 4.90 Å². The van der Waals surface area contributed by atoms with E-state index in [9.17, 15) is 9.59 Å². The average molecular weight is 312 g/mol. The second kappa shape index (κ2) is 7.43. The molecule has 1 rings (SSSR count). The molecule has 0 aliphatic heterocycles. The molecule has 0 fully saturated rings. The maximum Gasteiger partial charge on any atom is 0.255 e. The predicted octanol–water partition coefficient (Wildman–Crippen LogP) is 2.35. The highest BCUT2D eigenvalue weighted by Gasteiger charge is 2.20. The lowest BCUT2D eigenvalue weighted by molar-refractivity contribution is -0.118. The third kappa shape index (κ3) is 4.44. The van der Waals surface area contributed by atoms with Gasteiger partial charge in [-0.15, -0.1) is 0 Å². The summed E-state index contributed by atoms with van der Waals surface area (Å²) in [5, 5.41) is 3.10. The highest BCUT2D eigenvalue weighted by molar-refractivity contribution is 6.34. The fourth-order valence-electron chi connectivity index (χ4n) is 1.60. The van der Waals surface area contributed by atoms with Crippen molar-refractivity contribution in [2.24, 2.45) is 11.7 Å². The Hall–Kier alpha value is -1.59. The molecule has 0 aliphatic rings. The van der Waals surface area contributed by atoms with E-state index in [0.717, 1.165) is 0 Å². The van der Waals surface area contributed by atoms with Gasteiger partial charge < -0.3 is 16.0 Å². The number of halogens is 1. The van der Waals surface area contributed by atoms with E-state index < -0.39 is 0 Å². The van der Waals surface area contributed by atoms with E-state index in [0.29, 0.717) is 22.8 Å². The number of carbonyl (C=O) groups excluding carboxylic acids is 2. The van der Waals surface area contributed by atoms with E-state index in [-0.39, 0.29) is 23.8 Å². The molecule has 3 N–H and O–H groups in total. The molecule has 6 heteroatoms. The van der Waals surface area contributed by atoms with Gasteiger partial charge in [0, 0.05) is 31.2 Å². The molecule has 116 valence electrons. The van der Waals surface area contributed by atoms with Gasteiger partial charge in [-0.1, -0.05) is 25.4 Å². The maximum atomic E-state index is 12.4. The number of hydrogen-bond donors (Lipinski definition) is 2. The van der Waals surface area contributed by atoms with Gasteiger partial charge >= 0.3 is 0 Å². The Kier molecular flexibility index (Phi) is 6.18. The fourth-order valence-corrected chi connectivity index (χ4v) is 1.80. The minimum atomic E-state index is -0.224. The van der Waals surface area contributed by atoms with Gasteiger partial charge in [0.1, 0.15) is 0 Å². The number of likely N-dealkylation sites (N-methyl/N-ethyl adjacent to an activating group) is 1. The topological polar surface area (TPSA) is 75.4 Å². The summed E-state index contributed by atoms with van der Waals surface area (Å²) in [5.74, 6) is -0.474. The summed E-state index contributed by atoms with van der Waals surface area (Å²) < 4.78 is 0. The average Bonchev–Trinajstić information content (AvgIpc) is 2.46. The summed E-state index contributed by atoms with van der Waals surface area (Å²) in [4.78, 5) is 25.7. The Morgan fingerprint density at radius 2 is 1.95 bits per heavy atom. The third-order valence-electron chi connectivity index (χ3n) is 3.31. The largest absolute Gasteiger partial charge is 0.338 e. The Balaban J connectivity index is 3.02. The number of hydrogen-bond acceptors (Lipinski definition) is 3. The molecule has 0 aromatic heterocycles. The van der Waals surface area contributed by atoms with Crippen molar-refractivity contribution in [3.05, 3.63) is 28.8 Å². The summed E-state index contributed by atoms with van der Waals surface area (Å²) in [6.45, 7) is 5.82. The van der Waals surface area contributed by atoms with Crippen molar-refractivity contribution in [2.75, 3.05) is 18.9 Å². The standard InChI is InChI=1S/C15H22ClN3O2/c1-9(2)14(20)18-11-5-6-13(16)12(7-11)15(21)19(4)10(3)8-17/h5-7,9-10H,8,17H2,1-4H3,(H,18,20). The number of anilines is 1. The fraction of sp³-hybridized carbons (Fsp3) is 0.467. The molecule has 21 heavy (non-hydrogen) atoms. The van der Waals surface area contributed by atoms with Gasteiger partial charge in [-0.25, -0.2) is 0 Å². The van der Waals surface area contributed by atoms with E-state index in [1.807, 2.05) is 6.92 Å². The van der Waals surface area contributed by atoms with Crippen LogP contribution in [0.2, 0.25) is 5.02 Å². The van der Waals surface area contributed by atoms with E-state index in [4.69, 9.17) is 17.3 Å². The zero-order chi connectivity index (χ0) is 16.2. The number of rotatable bonds is 5. The molecule has 0 aliphatic carbocycles. The van der Waals surface area contributed by atoms with Crippen LogP contribution in [-0.4, -0.2) is 36.3 Å². The molecular weight excluding hydrogens is 290 g/mol. The maximum absolute atomic E-state index is 12.4. The molecule has 1 aromatic rings. The molecule has 1 unspecified atom stereocenters. The zero-order valence-electron chi connectivity index (χ0n) is 12.8. The van der Waals surface area contributed by atoms with Crippen LogP contribution in [-0.2, 0) is 4.79 Å². The summed E-state index contributed by atoms with van der Waals surface area (Å²) >= 11 is 6.09. The summed E-state index contributed by atoms with van der Waals surface area (Å²) in [5.41, 5.74) is 6.47. The SMILES string of the molecule is CC(C)C(=O)Nc1ccc(Cl)c(C(=O)N(C)C(C)CN)c1. The molecule has 0 saturated heterocycles. The summed E-state index contributed by atoms with van der Waals surface area (Å²) in [6, 6.07) is 4.77. The Morgan fingerprint density at radius 3 is 2.48 bits per heavy atom. The van der Waals surface area contributed by atoms with Crippen molar-refractivity contribution >= 4 is 29.1 Å². The Labute approximate surface area is 130 Å². The van der Waals surface area contributed by atoms with Gasteiger partial charge in [-0.2, -0.15) is 0 Å². The highest BCUT2D eigenvalue weighted by atomic mass is 35.5. The smallest absolute Gasteiger partial charge is 0.255 e. The first-order valence-electron chi connectivity index (χ1n) is 6.85. The minimum absolute atomic E-state index is 0.0949. The first kappa shape index (κ1) is 17.5. The lowest BCUT2D eigenvalue weighted by Crippen LogP contribution is -2.39. The lowest BCUT2D eigenvalue weighted by Gasteiger charge is -2.24. The van der Waals surface area contributed by atoms with Gasteiger partial charge in [0.2, 0.25) is 5.91 Å². The van der Waals surface area contributed by atoms with Crippen LogP contribution in [0.1, 0.15) is 31.1 Å². The Bertz CT molecular complexity index is 532. The van der Waals surface area contributed by atoms with Crippen molar-refractivity contribution in [3.8, 4) is 0 Å². The highest BCUT2D eigenvalue weighted by Crippen LogP contribution is 2.23. The molecule has 0 radical (unpaired) electrons. The molecule has 1 atom stereocenters. The zero-order valence-corrected chi connectivity index (χ0v) is 13.6. The number of nitrogens with zero attached hydrogens (tertiary/aromatic N) is 1. The number of carbonyl (C=O) groups is 2. The van der Waals surface area contributed by atoms with Crippen LogP contribution >= 0.6 is 11.6 Å². The molecule has 0 heterocycles. The van der Waals surface area contributed by atoms with Crippen LogP contribution in [0.15, 0.2) is 18.2 Å². The molecule has 0 bridgehead atoms. The van der Waals surface area contributed by atoms with Gasteiger partial charge in [0.25, 0.3) is 5.91 Å². The lowest BCUT2D eigenvalue weighted by atomic mass is 10.1. The van der Waals surface area contributed by atoms with Crippen LogP contribution in [0, 0.1) is 5.92 Å². The number of benzene rings is 1. The van der Waals surface area contributed by atoms with Crippen molar-refractivity contribution < 1.29 is 9.59 Å². The normalized spacial score (nSPS) is 12.1. The van der Waals surface area contributed by atoms with Crippen LogP contribution in [0.4, 0.5) is 5.69 Å². The van der Waals surface area contributed by atoms with Gasteiger partial charge in [0.15, 0.2) is 0 Å². The van der Waals surface area contributed by atoms with Crippen LogP contribution in [0.3, 0.4) is 0 Å².